The molecule has 0 bridgehead atoms. The summed E-state index contributed by atoms with van der Waals surface area (Å²) in [6, 6.07) is 0. The third kappa shape index (κ3) is 2.56. The average Bonchev–Trinajstić information content (AvgIpc) is 2.60. The van der Waals surface area contributed by atoms with Gasteiger partial charge in [-0.2, -0.15) is 5.10 Å². The van der Waals surface area contributed by atoms with Gasteiger partial charge >= 0.3 is 0 Å². The van der Waals surface area contributed by atoms with E-state index < -0.39 is 0 Å². The minimum Gasteiger partial charge on any atom is -0.377 e. The van der Waals surface area contributed by atoms with Crippen molar-refractivity contribution in [1.29, 1.82) is 0 Å². The predicted octanol–water partition coefficient (Wildman–Crippen LogP) is 2.52. The highest BCUT2D eigenvalue weighted by Crippen LogP contribution is 2.34. The van der Waals surface area contributed by atoms with Gasteiger partial charge < -0.3 is 10.1 Å². The van der Waals surface area contributed by atoms with Crippen molar-refractivity contribution in [3.05, 3.63) is 16.4 Å². The van der Waals surface area contributed by atoms with Gasteiger partial charge in [-0.05, 0) is 33.1 Å². The van der Waals surface area contributed by atoms with E-state index in [4.69, 9.17) is 16.3 Å². The summed E-state index contributed by atoms with van der Waals surface area (Å²) in [7, 11) is 1.80. The number of nitrogens with one attached hydrogen (secondary N) is 1. The lowest BCUT2D eigenvalue weighted by atomic mass is 9.80. The lowest BCUT2D eigenvalue weighted by molar-refractivity contribution is -0.0696. The van der Waals surface area contributed by atoms with E-state index in [2.05, 4.69) is 17.3 Å². The normalized spacial score (nSPS) is 17.8. The Hall–Kier alpha value is -0.580. The van der Waals surface area contributed by atoms with Crippen LogP contribution in [0.2, 0.25) is 5.02 Å². The summed E-state index contributed by atoms with van der Waals surface area (Å²) in [6.45, 7) is 6.50. The molecule has 1 heterocycles. The molecule has 1 N–H and O–H groups in total. The van der Waals surface area contributed by atoms with Crippen molar-refractivity contribution < 1.29 is 4.74 Å². The minimum atomic E-state index is 0.0542. The summed E-state index contributed by atoms with van der Waals surface area (Å²) >= 11 is 6.27. The largest absolute Gasteiger partial charge is 0.377 e. The summed E-state index contributed by atoms with van der Waals surface area (Å²) in [5.74, 6) is 0. The van der Waals surface area contributed by atoms with Gasteiger partial charge in [-0.25, -0.2) is 0 Å². The van der Waals surface area contributed by atoms with Crippen molar-refractivity contribution in [1.82, 2.24) is 15.1 Å². The minimum absolute atomic E-state index is 0.0542. The second-order valence-electron chi connectivity index (χ2n) is 5.01. The standard InChI is InChI=1S/C13H22ClN3O/c1-4-17-11(12(14)10(2)16-17)8-15-9-13(18-3)6-5-7-13/h15H,4-9H2,1-3H3. The van der Waals surface area contributed by atoms with Crippen molar-refractivity contribution >= 4 is 11.6 Å². The maximum absolute atomic E-state index is 6.27. The van der Waals surface area contributed by atoms with Crippen molar-refractivity contribution in [2.24, 2.45) is 0 Å². The van der Waals surface area contributed by atoms with E-state index in [9.17, 15) is 0 Å². The Morgan fingerprint density at radius 1 is 1.50 bits per heavy atom. The lowest BCUT2D eigenvalue weighted by Gasteiger charge is -2.40. The molecule has 2 rings (SSSR count). The third-order valence-corrected chi connectivity index (χ3v) is 4.38. The fourth-order valence-corrected chi connectivity index (χ4v) is 2.67. The Balaban J connectivity index is 1.94. The van der Waals surface area contributed by atoms with E-state index in [-0.39, 0.29) is 5.60 Å². The molecular weight excluding hydrogens is 250 g/mol. The van der Waals surface area contributed by atoms with Crippen molar-refractivity contribution in [3.63, 3.8) is 0 Å². The van der Waals surface area contributed by atoms with E-state index in [1.165, 1.54) is 6.42 Å². The number of methoxy groups -OCH3 is 1. The predicted molar refractivity (Wildman–Crippen MR) is 72.9 cm³/mol. The van der Waals surface area contributed by atoms with E-state index in [1.807, 2.05) is 11.6 Å². The maximum Gasteiger partial charge on any atom is 0.0860 e. The molecule has 0 atom stereocenters. The average molecular weight is 272 g/mol. The zero-order valence-corrected chi connectivity index (χ0v) is 12.2. The van der Waals surface area contributed by atoms with Crippen LogP contribution in [-0.4, -0.2) is 29.0 Å². The number of nitrogens with zero attached hydrogens (tertiary/aromatic N) is 2. The van der Waals surface area contributed by atoms with Gasteiger partial charge in [0.1, 0.15) is 0 Å². The molecule has 1 saturated carbocycles. The smallest absolute Gasteiger partial charge is 0.0860 e. The van der Waals surface area contributed by atoms with Gasteiger partial charge in [0.05, 0.1) is 22.0 Å². The second-order valence-corrected chi connectivity index (χ2v) is 5.38. The Morgan fingerprint density at radius 2 is 2.22 bits per heavy atom. The van der Waals surface area contributed by atoms with Gasteiger partial charge in [0.2, 0.25) is 0 Å². The molecular formula is C13H22ClN3O. The molecule has 0 unspecified atom stereocenters. The molecule has 1 aromatic heterocycles. The van der Waals surface area contributed by atoms with Crippen LogP contribution in [0, 0.1) is 6.92 Å². The van der Waals surface area contributed by atoms with Crippen LogP contribution in [0.3, 0.4) is 0 Å². The van der Waals surface area contributed by atoms with Crippen LogP contribution in [0.4, 0.5) is 0 Å². The van der Waals surface area contributed by atoms with Gasteiger partial charge in [0.25, 0.3) is 0 Å². The van der Waals surface area contributed by atoms with Crippen LogP contribution in [0.25, 0.3) is 0 Å². The zero-order valence-electron chi connectivity index (χ0n) is 11.4. The van der Waals surface area contributed by atoms with Gasteiger partial charge in [0, 0.05) is 26.7 Å². The lowest BCUT2D eigenvalue weighted by Crippen LogP contribution is -2.47. The van der Waals surface area contributed by atoms with E-state index in [1.54, 1.807) is 7.11 Å². The molecule has 1 fully saturated rings. The molecule has 0 radical (unpaired) electrons. The summed E-state index contributed by atoms with van der Waals surface area (Å²) in [6.07, 6.45) is 3.56. The van der Waals surface area contributed by atoms with E-state index in [0.717, 1.165) is 48.9 Å². The van der Waals surface area contributed by atoms with Gasteiger partial charge in [0.15, 0.2) is 0 Å². The highest BCUT2D eigenvalue weighted by Gasteiger charge is 2.36. The first-order chi connectivity index (χ1) is 8.62. The zero-order chi connectivity index (χ0) is 13.2. The number of hydrogen-bond donors (Lipinski definition) is 1. The summed E-state index contributed by atoms with van der Waals surface area (Å²) in [5, 5.41) is 8.65. The summed E-state index contributed by atoms with van der Waals surface area (Å²) in [5.41, 5.74) is 2.03. The molecule has 102 valence electrons. The molecule has 0 saturated heterocycles. The van der Waals surface area contributed by atoms with Crippen LogP contribution in [0.15, 0.2) is 0 Å². The number of aromatic nitrogens is 2. The fourth-order valence-electron chi connectivity index (χ4n) is 2.47. The Morgan fingerprint density at radius 3 is 2.72 bits per heavy atom. The summed E-state index contributed by atoms with van der Waals surface area (Å²) < 4.78 is 7.55. The molecule has 0 aromatic carbocycles. The first-order valence-corrected chi connectivity index (χ1v) is 6.97. The molecule has 18 heavy (non-hydrogen) atoms. The number of hydrogen-bond acceptors (Lipinski definition) is 3. The quantitative estimate of drug-likeness (QED) is 0.864. The van der Waals surface area contributed by atoms with Crippen LogP contribution in [0.5, 0.6) is 0 Å². The molecule has 5 heteroatoms. The highest BCUT2D eigenvalue weighted by molar-refractivity contribution is 6.31. The summed E-state index contributed by atoms with van der Waals surface area (Å²) in [4.78, 5) is 0. The van der Waals surface area contributed by atoms with Gasteiger partial charge in [-0.3, -0.25) is 4.68 Å². The van der Waals surface area contributed by atoms with Crippen LogP contribution in [0.1, 0.15) is 37.6 Å². The molecule has 1 aliphatic rings. The van der Waals surface area contributed by atoms with Crippen molar-refractivity contribution in [2.75, 3.05) is 13.7 Å². The Kier molecular flexibility index (Phi) is 4.30. The fraction of sp³-hybridized carbons (Fsp3) is 0.769. The molecule has 0 aliphatic heterocycles. The van der Waals surface area contributed by atoms with Crippen LogP contribution >= 0.6 is 11.6 Å². The van der Waals surface area contributed by atoms with Gasteiger partial charge in [-0.1, -0.05) is 11.6 Å². The molecule has 0 amide bonds. The number of ether oxygens (including phenoxy) is 1. The van der Waals surface area contributed by atoms with Crippen molar-refractivity contribution in [2.45, 2.75) is 51.8 Å². The Labute approximate surface area is 114 Å². The van der Waals surface area contributed by atoms with Crippen LogP contribution in [-0.2, 0) is 17.8 Å². The first kappa shape index (κ1) is 13.8. The third-order valence-electron chi connectivity index (χ3n) is 3.89. The highest BCUT2D eigenvalue weighted by atomic mass is 35.5. The number of rotatable bonds is 6. The van der Waals surface area contributed by atoms with E-state index in [0.29, 0.717) is 0 Å². The SMILES string of the molecule is CCn1nc(C)c(Cl)c1CNCC1(OC)CCC1. The Bertz CT molecular complexity index is 407. The number of halogens is 1. The topological polar surface area (TPSA) is 39.1 Å². The first-order valence-electron chi connectivity index (χ1n) is 6.59. The maximum atomic E-state index is 6.27. The molecule has 1 aliphatic carbocycles. The van der Waals surface area contributed by atoms with Crippen LogP contribution < -0.4 is 5.32 Å². The number of aryl methyl sites for hydroxylation is 2. The van der Waals surface area contributed by atoms with Crippen molar-refractivity contribution in [3.8, 4) is 0 Å². The van der Waals surface area contributed by atoms with E-state index >= 15 is 0 Å². The second kappa shape index (κ2) is 5.59. The molecule has 4 nitrogen and oxygen atoms in total. The molecule has 1 aromatic rings. The van der Waals surface area contributed by atoms with Gasteiger partial charge in [-0.15, -0.1) is 0 Å². The monoisotopic (exact) mass is 271 g/mol. The molecule has 0 spiro atoms.